The van der Waals surface area contributed by atoms with Gasteiger partial charge in [-0.1, -0.05) is 48.5 Å². The molecule has 0 radical (unpaired) electrons. The maximum Gasteiger partial charge on any atom is 0.228 e. The number of ether oxygens (including phenoxy) is 1. The highest BCUT2D eigenvalue weighted by atomic mass is 32.2. The van der Waals surface area contributed by atoms with Gasteiger partial charge in [-0.2, -0.15) is 0 Å². The second-order valence-electron chi connectivity index (χ2n) is 7.29. The molecule has 1 amide bonds. The molecule has 0 aliphatic rings. The average molecular weight is 459 g/mol. The number of para-hydroxylation sites is 1. The lowest BCUT2D eigenvalue weighted by Crippen LogP contribution is -2.14. The highest BCUT2D eigenvalue weighted by Crippen LogP contribution is 2.21. The number of nitrogens with one attached hydrogen (secondary N) is 1. The van der Waals surface area contributed by atoms with Gasteiger partial charge in [-0.15, -0.1) is 0 Å². The standard InChI is InChI=1S/C26H22N2O4S/c29-25(28-24-11-4-7-21-8-5-16-27-26(21)24)19-20-12-14-22(15-13-20)32-17-6-18-33(30,31)23-9-2-1-3-10-23/h1-16,18H,17,19H2,(H,28,29)/b18-6+. The van der Waals surface area contributed by atoms with Gasteiger partial charge in [-0.05, 0) is 48.0 Å². The predicted octanol–water partition coefficient (Wildman–Crippen LogP) is 4.78. The molecular formula is C26H22N2O4S. The second-order valence-corrected chi connectivity index (χ2v) is 9.12. The molecule has 6 nitrogen and oxygen atoms in total. The SMILES string of the molecule is O=C(Cc1ccc(OC/C=C/S(=O)(=O)c2ccccc2)cc1)Nc1cccc2cccnc12. The Bertz CT molecular complexity index is 1380. The van der Waals surface area contributed by atoms with Crippen molar-refractivity contribution >= 4 is 32.3 Å². The molecule has 0 atom stereocenters. The van der Waals surface area contributed by atoms with Crippen LogP contribution < -0.4 is 10.1 Å². The summed E-state index contributed by atoms with van der Waals surface area (Å²) in [4.78, 5) is 17.1. The van der Waals surface area contributed by atoms with Gasteiger partial charge in [0, 0.05) is 17.0 Å². The number of fused-ring (bicyclic) bond motifs is 1. The zero-order valence-electron chi connectivity index (χ0n) is 17.7. The summed E-state index contributed by atoms with van der Waals surface area (Å²) in [5.41, 5.74) is 2.25. The van der Waals surface area contributed by atoms with Crippen molar-refractivity contribution in [3.63, 3.8) is 0 Å². The number of rotatable bonds is 8. The molecule has 0 bridgehead atoms. The number of hydrogen-bond acceptors (Lipinski definition) is 5. The molecule has 4 aromatic rings. The van der Waals surface area contributed by atoms with Gasteiger partial charge < -0.3 is 10.1 Å². The summed E-state index contributed by atoms with van der Waals surface area (Å²) in [7, 11) is -3.48. The van der Waals surface area contributed by atoms with Crippen LogP contribution in [0.25, 0.3) is 10.9 Å². The normalized spacial score (nSPS) is 11.5. The van der Waals surface area contributed by atoms with Gasteiger partial charge >= 0.3 is 0 Å². The van der Waals surface area contributed by atoms with Crippen LogP contribution in [-0.2, 0) is 21.1 Å². The fraction of sp³-hybridized carbons (Fsp3) is 0.0769. The summed E-state index contributed by atoms with van der Waals surface area (Å²) in [5, 5.41) is 5.02. The smallest absolute Gasteiger partial charge is 0.228 e. The lowest BCUT2D eigenvalue weighted by molar-refractivity contribution is -0.115. The predicted molar refractivity (Wildman–Crippen MR) is 129 cm³/mol. The van der Waals surface area contributed by atoms with Crippen LogP contribution in [0.2, 0.25) is 0 Å². The Morgan fingerprint density at radius 2 is 1.67 bits per heavy atom. The molecule has 0 saturated heterocycles. The van der Waals surface area contributed by atoms with Crippen LogP contribution >= 0.6 is 0 Å². The number of aromatic nitrogens is 1. The fourth-order valence-electron chi connectivity index (χ4n) is 3.29. The lowest BCUT2D eigenvalue weighted by Gasteiger charge is -2.09. The van der Waals surface area contributed by atoms with E-state index in [4.69, 9.17) is 4.74 Å². The van der Waals surface area contributed by atoms with E-state index in [0.29, 0.717) is 11.4 Å². The number of anilines is 1. The third-order valence-electron chi connectivity index (χ3n) is 4.89. The summed E-state index contributed by atoms with van der Waals surface area (Å²) in [6.07, 6.45) is 3.36. The topological polar surface area (TPSA) is 85.4 Å². The number of benzene rings is 3. The van der Waals surface area contributed by atoms with Gasteiger partial charge in [-0.3, -0.25) is 9.78 Å². The van der Waals surface area contributed by atoms with E-state index >= 15 is 0 Å². The Kier molecular flexibility index (Phi) is 6.80. The first-order valence-electron chi connectivity index (χ1n) is 10.3. The average Bonchev–Trinajstić information content (AvgIpc) is 2.84. The molecule has 1 N–H and O–H groups in total. The van der Waals surface area contributed by atoms with E-state index in [1.54, 1.807) is 60.8 Å². The Hall–Kier alpha value is -3.97. The Morgan fingerprint density at radius 1 is 0.909 bits per heavy atom. The lowest BCUT2D eigenvalue weighted by atomic mass is 10.1. The van der Waals surface area contributed by atoms with E-state index in [1.807, 2.05) is 30.3 Å². The highest BCUT2D eigenvalue weighted by molar-refractivity contribution is 7.94. The minimum absolute atomic E-state index is 0.111. The molecule has 0 unspecified atom stereocenters. The number of pyridine rings is 1. The number of amides is 1. The highest BCUT2D eigenvalue weighted by Gasteiger charge is 2.09. The monoisotopic (exact) mass is 458 g/mol. The molecule has 166 valence electrons. The largest absolute Gasteiger partial charge is 0.490 e. The molecule has 0 spiro atoms. The van der Waals surface area contributed by atoms with E-state index in [1.165, 1.54) is 6.08 Å². The van der Waals surface area contributed by atoms with Crippen molar-refractivity contribution in [3.05, 3.63) is 108 Å². The molecule has 0 saturated carbocycles. The zero-order chi connectivity index (χ0) is 23.1. The van der Waals surface area contributed by atoms with E-state index in [0.717, 1.165) is 21.9 Å². The summed E-state index contributed by atoms with van der Waals surface area (Å²) < 4.78 is 30.0. The van der Waals surface area contributed by atoms with Gasteiger partial charge in [0.05, 0.1) is 22.5 Å². The second kappa shape index (κ2) is 10.1. The first-order valence-corrected chi connectivity index (χ1v) is 11.9. The third kappa shape index (κ3) is 5.84. The van der Waals surface area contributed by atoms with Crippen LogP contribution in [0.15, 0.2) is 108 Å². The molecule has 1 heterocycles. The summed E-state index contributed by atoms with van der Waals surface area (Å²) in [5.74, 6) is 0.440. The van der Waals surface area contributed by atoms with Crippen LogP contribution in [0.1, 0.15) is 5.56 Å². The molecule has 0 aliphatic carbocycles. The van der Waals surface area contributed by atoms with Gasteiger partial charge in [-0.25, -0.2) is 8.42 Å². The summed E-state index contributed by atoms with van der Waals surface area (Å²) in [6.45, 7) is 0.111. The number of hydrogen-bond donors (Lipinski definition) is 1. The molecule has 7 heteroatoms. The molecular weight excluding hydrogens is 436 g/mol. The van der Waals surface area contributed by atoms with Crippen molar-refractivity contribution in [1.29, 1.82) is 0 Å². The molecule has 0 aliphatic heterocycles. The number of sulfone groups is 1. The summed E-state index contributed by atoms with van der Waals surface area (Å²) in [6, 6.07) is 24.8. The number of carbonyl (C=O) groups excluding carboxylic acids is 1. The molecule has 0 fully saturated rings. The van der Waals surface area contributed by atoms with E-state index in [-0.39, 0.29) is 23.8 Å². The Balaban J connectivity index is 1.30. The summed E-state index contributed by atoms with van der Waals surface area (Å²) >= 11 is 0. The number of carbonyl (C=O) groups is 1. The fourth-order valence-corrected chi connectivity index (χ4v) is 4.31. The van der Waals surface area contributed by atoms with Crippen LogP contribution in [-0.4, -0.2) is 25.9 Å². The maximum absolute atomic E-state index is 12.5. The minimum Gasteiger partial charge on any atom is -0.490 e. The first-order chi connectivity index (χ1) is 16.0. The van der Waals surface area contributed by atoms with Crippen molar-refractivity contribution in [2.45, 2.75) is 11.3 Å². The third-order valence-corrected chi connectivity index (χ3v) is 6.37. The number of nitrogens with zero attached hydrogens (tertiary/aromatic N) is 1. The van der Waals surface area contributed by atoms with Crippen LogP contribution in [0.4, 0.5) is 5.69 Å². The van der Waals surface area contributed by atoms with Crippen molar-refractivity contribution in [1.82, 2.24) is 4.98 Å². The minimum atomic E-state index is -3.48. The van der Waals surface area contributed by atoms with Crippen LogP contribution in [0, 0.1) is 0 Å². The first kappa shape index (κ1) is 22.2. The molecule has 1 aromatic heterocycles. The van der Waals surface area contributed by atoms with E-state index in [2.05, 4.69) is 10.3 Å². The van der Waals surface area contributed by atoms with Crippen molar-refractivity contribution in [2.24, 2.45) is 0 Å². The Morgan fingerprint density at radius 3 is 2.45 bits per heavy atom. The van der Waals surface area contributed by atoms with Gasteiger partial charge in [0.15, 0.2) is 9.84 Å². The Labute approximate surface area is 192 Å². The molecule has 3 aromatic carbocycles. The van der Waals surface area contributed by atoms with E-state index in [9.17, 15) is 13.2 Å². The van der Waals surface area contributed by atoms with Crippen LogP contribution in [0.5, 0.6) is 5.75 Å². The van der Waals surface area contributed by atoms with Gasteiger partial charge in [0.1, 0.15) is 12.4 Å². The van der Waals surface area contributed by atoms with E-state index < -0.39 is 9.84 Å². The molecule has 4 rings (SSSR count). The van der Waals surface area contributed by atoms with Crippen molar-refractivity contribution < 1.29 is 17.9 Å². The maximum atomic E-state index is 12.5. The van der Waals surface area contributed by atoms with Crippen LogP contribution in [0.3, 0.4) is 0 Å². The van der Waals surface area contributed by atoms with Gasteiger partial charge in [0.2, 0.25) is 5.91 Å². The van der Waals surface area contributed by atoms with Crippen molar-refractivity contribution in [3.8, 4) is 5.75 Å². The van der Waals surface area contributed by atoms with Crippen molar-refractivity contribution in [2.75, 3.05) is 11.9 Å². The zero-order valence-corrected chi connectivity index (χ0v) is 18.5. The van der Waals surface area contributed by atoms with Gasteiger partial charge in [0.25, 0.3) is 0 Å². The quantitative estimate of drug-likeness (QED) is 0.411. The molecule has 33 heavy (non-hydrogen) atoms.